The number of para-hydroxylation sites is 1. The summed E-state index contributed by atoms with van der Waals surface area (Å²) in [4.78, 5) is 37.6. The number of amides is 2. The van der Waals surface area contributed by atoms with Gasteiger partial charge in [0.2, 0.25) is 0 Å². The van der Waals surface area contributed by atoms with E-state index in [0.717, 1.165) is 22.0 Å². The Hall–Kier alpha value is -3.49. The van der Waals surface area contributed by atoms with E-state index in [4.69, 9.17) is 0 Å². The highest BCUT2D eigenvalue weighted by Crippen LogP contribution is 2.37. The summed E-state index contributed by atoms with van der Waals surface area (Å²) in [7, 11) is 0. The molecule has 1 aliphatic carbocycles. The summed E-state index contributed by atoms with van der Waals surface area (Å²) in [5.74, 6) is -0.474. The molecule has 2 aliphatic rings. The van der Waals surface area contributed by atoms with E-state index in [1.165, 1.54) is 0 Å². The molecule has 1 saturated heterocycles. The molecule has 1 saturated carbocycles. The molecule has 1 aromatic heterocycles. The first-order valence-corrected chi connectivity index (χ1v) is 10.6. The molecule has 1 aliphatic heterocycles. The van der Waals surface area contributed by atoms with Crippen LogP contribution in [0.5, 0.6) is 5.75 Å². The van der Waals surface area contributed by atoms with Crippen molar-refractivity contribution in [3.63, 3.8) is 0 Å². The second-order valence-corrected chi connectivity index (χ2v) is 8.33. The van der Waals surface area contributed by atoms with Crippen LogP contribution in [0, 0.1) is 0 Å². The van der Waals surface area contributed by atoms with Crippen molar-refractivity contribution >= 4 is 22.7 Å². The average Bonchev–Trinajstić information content (AvgIpc) is 3.61. The maximum atomic E-state index is 13.1. The van der Waals surface area contributed by atoms with E-state index < -0.39 is 5.60 Å². The largest absolute Gasteiger partial charge is 0.380 e. The molecule has 0 spiro atoms. The van der Waals surface area contributed by atoms with Crippen molar-refractivity contribution in [1.29, 1.82) is 0 Å². The highest BCUT2D eigenvalue weighted by Gasteiger charge is 2.50. The van der Waals surface area contributed by atoms with Crippen LogP contribution in [0.15, 0.2) is 54.7 Å². The van der Waals surface area contributed by atoms with Gasteiger partial charge in [-0.1, -0.05) is 24.3 Å². The van der Waals surface area contributed by atoms with E-state index in [2.05, 4.69) is 9.87 Å². The van der Waals surface area contributed by atoms with Gasteiger partial charge in [0.15, 0.2) is 5.75 Å². The Bertz CT molecular complexity index is 1200. The van der Waals surface area contributed by atoms with Crippen LogP contribution in [0.25, 0.3) is 22.0 Å². The SMILES string of the molecule is O=C(c1ccc(-c2cnc3ccccc3c2)cc1OO)N1CCN(C(=O)C2(O)CC2)CC1. The van der Waals surface area contributed by atoms with Crippen molar-refractivity contribution in [2.45, 2.75) is 18.4 Å². The molecule has 2 fully saturated rings. The first-order chi connectivity index (χ1) is 15.5. The highest BCUT2D eigenvalue weighted by molar-refractivity contribution is 5.98. The molecule has 2 amide bonds. The van der Waals surface area contributed by atoms with Gasteiger partial charge < -0.3 is 19.8 Å². The lowest BCUT2D eigenvalue weighted by Gasteiger charge is -2.35. The summed E-state index contributed by atoms with van der Waals surface area (Å²) >= 11 is 0. The fourth-order valence-corrected chi connectivity index (χ4v) is 4.09. The minimum absolute atomic E-state index is 0.0615. The molecule has 8 heteroatoms. The predicted molar refractivity (Wildman–Crippen MR) is 117 cm³/mol. The maximum Gasteiger partial charge on any atom is 0.257 e. The van der Waals surface area contributed by atoms with Crippen LogP contribution in [-0.4, -0.2) is 68.7 Å². The van der Waals surface area contributed by atoms with Crippen LogP contribution in [-0.2, 0) is 4.79 Å². The molecular weight excluding hydrogens is 410 g/mol. The van der Waals surface area contributed by atoms with Crippen molar-refractivity contribution in [2.75, 3.05) is 26.2 Å². The number of aromatic nitrogens is 1. The third kappa shape index (κ3) is 3.68. The summed E-state index contributed by atoms with van der Waals surface area (Å²) in [6.07, 6.45) is 2.74. The smallest absolute Gasteiger partial charge is 0.257 e. The van der Waals surface area contributed by atoms with Crippen LogP contribution in [0.1, 0.15) is 23.2 Å². The Labute approximate surface area is 184 Å². The Balaban J connectivity index is 1.33. The number of carbonyl (C=O) groups excluding carboxylic acids is 2. The summed E-state index contributed by atoms with van der Waals surface area (Å²) in [6, 6.07) is 14.8. The first-order valence-electron chi connectivity index (χ1n) is 10.6. The van der Waals surface area contributed by atoms with E-state index in [9.17, 15) is 20.0 Å². The molecule has 2 aromatic carbocycles. The molecule has 0 bridgehead atoms. The Kier molecular flexibility index (Phi) is 5.03. The number of piperazine rings is 1. The lowest BCUT2D eigenvalue weighted by Crippen LogP contribution is -2.53. The zero-order valence-corrected chi connectivity index (χ0v) is 17.4. The fourth-order valence-electron chi connectivity index (χ4n) is 4.09. The van der Waals surface area contributed by atoms with Crippen LogP contribution in [0.4, 0.5) is 0 Å². The standard InChI is InChI=1S/C24H23N3O5/c28-22(26-9-11-27(12-10-26)23(29)24(30)7-8-24)19-6-5-16(14-21(19)32-31)18-13-17-3-1-2-4-20(17)25-15-18/h1-6,13-15,30-31H,7-12H2. The van der Waals surface area contributed by atoms with Gasteiger partial charge in [-0.25, -0.2) is 5.26 Å². The van der Waals surface area contributed by atoms with Crippen LogP contribution in [0.3, 0.4) is 0 Å². The molecule has 8 nitrogen and oxygen atoms in total. The molecule has 32 heavy (non-hydrogen) atoms. The van der Waals surface area contributed by atoms with E-state index in [1.807, 2.05) is 30.3 Å². The van der Waals surface area contributed by atoms with Gasteiger partial charge in [0, 0.05) is 43.3 Å². The lowest BCUT2D eigenvalue weighted by molar-refractivity contribution is -0.144. The third-order valence-electron chi connectivity index (χ3n) is 6.21. The van der Waals surface area contributed by atoms with E-state index >= 15 is 0 Å². The Morgan fingerprint density at radius 1 is 0.938 bits per heavy atom. The van der Waals surface area contributed by atoms with Crippen molar-refractivity contribution < 1.29 is 24.8 Å². The average molecular weight is 433 g/mol. The number of carbonyl (C=O) groups is 2. The number of nitrogens with zero attached hydrogens (tertiary/aromatic N) is 3. The molecule has 0 radical (unpaired) electrons. The number of fused-ring (bicyclic) bond motifs is 1. The predicted octanol–water partition coefficient (Wildman–Crippen LogP) is 2.56. The van der Waals surface area contributed by atoms with Crippen LogP contribution < -0.4 is 4.89 Å². The minimum Gasteiger partial charge on any atom is -0.380 e. The summed E-state index contributed by atoms with van der Waals surface area (Å²) in [5.41, 5.74) is 1.53. The second-order valence-electron chi connectivity index (χ2n) is 8.33. The van der Waals surface area contributed by atoms with Gasteiger partial charge in [0.1, 0.15) is 5.60 Å². The number of aliphatic hydroxyl groups is 1. The molecule has 0 atom stereocenters. The van der Waals surface area contributed by atoms with Gasteiger partial charge in [-0.05, 0) is 42.7 Å². The summed E-state index contributed by atoms with van der Waals surface area (Å²) in [5, 5.41) is 20.5. The van der Waals surface area contributed by atoms with Crippen LogP contribution >= 0.6 is 0 Å². The van der Waals surface area contributed by atoms with Crippen molar-refractivity contribution in [3.8, 4) is 16.9 Å². The second kappa shape index (κ2) is 7.89. The van der Waals surface area contributed by atoms with Crippen molar-refractivity contribution in [1.82, 2.24) is 14.8 Å². The number of benzene rings is 2. The van der Waals surface area contributed by atoms with E-state index in [-0.39, 0.29) is 23.1 Å². The molecular formula is C24H23N3O5. The number of hydrogen-bond acceptors (Lipinski definition) is 6. The normalized spacial score (nSPS) is 17.3. The molecule has 164 valence electrons. The topological polar surface area (TPSA) is 103 Å². The number of hydrogen-bond donors (Lipinski definition) is 2. The molecule has 2 N–H and O–H groups in total. The van der Waals surface area contributed by atoms with Crippen molar-refractivity contribution in [3.05, 3.63) is 60.3 Å². The van der Waals surface area contributed by atoms with Gasteiger partial charge in [-0.2, -0.15) is 0 Å². The van der Waals surface area contributed by atoms with Gasteiger partial charge in [-0.3, -0.25) is 14.6 Å². The quantitative estimate of drug-likeness (QED) is 0.484. The van der Waals surface area contributed by atoms with E-state index in [0.29, 0.717) is 39.0 Å². The number of pyridine rings is 1. The van der Waals surface area contributed by atoms with Crippen LogP contribution in [0.2, 0.25) is 0 Å². The molecule has 3 aromatic rings. The zero-order chi connectivity index (χ0) is 22.3. The summed E-state index contributed by atoms with van der Waals surface area (Å²) in [6.45, 7) is 1.43. The number of rotatable bonds is 4. The third-order valence-corrected chi connectivity index (χ3v) is 6.21. The zero-order valence-electron chi connectivity index (χ0n) is 17.4. The van der Waals surface area contributed by atoms with Gasteiger partial charge >= 0.3 is 0 Å². The van der Waals surface area contributed by atoms with E-state index in [1.54, 1.807) is 34.2 Å². The first kappa shape index (κ1) is 20.4. The molecule has 2 heterocycles. The van der Waals surface area contributed by atoms with Gasteiger partial charge in [0.25, 0.3) is 11.8 Å². The Morgan fingerprint density at radius 3 is 2.38 bits per heavy atom. The van der Waals surface area contributed by atoms with Crippen molar-refractivity contribution in [2.24, 2.45) is 0 Å². The monoisotopic (exact) mass is 433 g/mol. The highest BCUT2D eigenvalue weighted by atomic mass is 17.1. The fraction of sp³-hybridized carbons (Fsp3) is 0.292. The molecule has 0 unspecified atom stereocenters. The lowest BCUT2D eigenvalue weighted by atomic mass is 10.0. The minimum atomic E-state index is -1.20. The Morgan fingerprint density at radius 2 is 1.66 bits per heavy atom. The van der Waals surface area contributed by atoms with Gasteiger partial charge in [-0.15, -0.1) is 0 Å². The molecule has 5 rings (SSSR count). The maximum absolute atomic E-state index is 13.1. The summed E-state index contributed by atoms with van der Waals surface area (Å²) < 4.78 is 0. The van der Waals surface area contributed by atoms with Gasteiger partial charge in [0.05, 0.1) is 11.1 Å².